The van der Waals surface area contributed by atoms with E-state index in [9.17, 15) is 4.79 Å². The molecule has 1 N–H and O–H groups in total. The summed E-state index contributed by atoms with van der Waals surface area (Å²) in [6.07, 6.45) is 10.4. The Morgan fingerprint density at radius 2 is 1.61 bits per heavy atom. The van der Waals surface area contributed by atoms with Crippen LogP contribution in [0, 0.1) is 0 Å². The van der Waals surface area contributed by atoms with Crippen LogP contribution in [-0.4, -0.2) is 29.4 Å². The summed E-state index contributed by atoms with van der Waals surface area (Å²) in [5, 5.41) is 8.26. The minimum Gasteiger partial charge on any atom is -0.450 e. The molecular formula is C14H26O3S. The van der Waals surface area contributed by atoms with Crippen LogP contribution in [0.5, 0.6) is 0 Å². The number of rotatable bonds is 13. The molecule has 0 aliphatic heterocycles. The highest BCUT2D eigenvalue weighted by Gasteiger charge is 1.96. The van der Waals surface area contributed by atoms with E-state index in [1.165, 1.54) is 44.3 Å². The number of ether oxygens (including phenoxy) is 1. The van der Waals surface area contributed by atoms with E-state index in [1.807, 2.05) is 17.8 Å². The summed E-state index contributed by atoms with van der Waals surface area (Å²) in [6, 6.07) is 0. The lowest BCUT2D eigenvalue weighted by molar-refractivity contribution is 0.0899. The highest BCUT2D eigenvalue weighted by Crippen LogP contribution is 2.11. The largest absolute Gasteiger partial charge is 0.505 e. The predicted molar refractivity (Wildman–Crippen MR) is 78.4 cm³/mol. The van der Waals surface area contributed by atoms with Gasteiger partial charge in [0.05, 0.1) is 6.61 Å². The molecule has 0 bridgehead atoms. The number of unbranched alkanes of at least 4 members (excludes halogenated alkanes) is 7. The zero-order valence-corrected chi connectivity index (χ0v) is 12.1. The van der Waals surface area contributed by atoms with Gasteiger partial charge < -0.3 is 9.84 Å². The zero-order valence-electron chi connectivity index (χ0n) is 11.2. The monoisotopic (exact) mass is 274 g/mol. The molecule has 106 valence electrons. The lowest BCUT2D eigenvalue weighted by atomic mass is 10.1. The lowest BCUT2D eigenvalue weighted by Crippen LogP contribution is -2.01. The van der Waals surface area contributed by atoms with Gasteiger partial charge in [-0.25, -0.2) is 4.79 Å². The molecule has 3 nitrogen and oxygen atoms in total. The van der Waals surface area contributed by atoms with Gasteiger partial charge in [-0.2, -0.15) is 11.8 Å². The summed E-state index contributed by atoms with van der Waals surface area (Å²) in [7, 11) is 0. The van der Waals surface area contributed by atoms with Crippen LogP contribution in [-0.2, 0) is 4.74 Å². The van der Waals surface area contributed by atoms with Crippen molar-refractivity contribution in [3.63, 3.8) is 0 Å². The molecule has 0 amide bonds. The molecule has 0 atom stereocenters. The average Bonchev–Trinajstić information content (AvgIpc) is 2.34. The van der Waals surface area contributed by atoms with Crippen molar-refractivity contribution >= 4 is 17.9 Å². The Labute approximate surface area is 115 Å². The van der Waals surface area contributed by atoms with Crippen LogP contribution in [0.25, 0.3) is 0 Å². The van der Waals surface area contributed by atoms with Crippen LogP contribution in [0.15, 0.2) is 12.7 Å². The molecule has 0 aromatic rings. The van der Waals surface area contributed by atoms with Gasteiger partial charge in [0.15, 0.2) is 0 Å². The summed E-state index contributed by atoms with van der Waals surface area (Å²) in [6.45, 7) is 4.04. The minimum absolute atomic E-state index is 0.343. The molecular weight excluding hydrogens is 248 g/mol. The molecule has 18 heavy (non-hydrogen) atoms. The van der Waals surface area contributed by atoms with Crippen LogP contribution in [0.1, 0.15) is 51.4 Å². The molecule has 0 aliphatic rings. The van der Waals surface area contributed by atoms with Gasteiger partial charge in [0, 0.05) is 5.75 Å². The Balaban J connectivity index is 2.94. The van der Waals surface area contributed by atoms with Gasteiger partial charge in [-0.15, -0.1) is 6.58 Å². The first-order chi connectivity index (χ1) is 8.77. The van der Waals surface area contributed by atoms with Gasteiger partial charge in [-0.3, -0.25) is 0 Å². The fraction of sp³-hybridized carbons (Fsp3) is 0.786. The third kappa shape index (κ3) is 15.4. The molecule has 0 fully saturated rings. The first-order valence-electron chi connectivity index (χ1n) is 6.81. The van der Waals surface area contributed by atoms with Crippen LogP contribution in [0.4, 0.5) is 4.79 Å². The van der Waals surface area contributed by atoms with Crippen molar-refractivity contribution in [1.82, 2.24) is 0 Å². The van der Waals surface area contributed by atoms with Gasteiger partial charge in [0.25, 0.3) is 0 Å². The summed E-state index contributed by atoms with van der Waals surface area (Å²) in [4.78, 5) is 10.1. The Bertz CT molecular complexity index is 207. The van der Waals surface area contributed by atoms with Crippen molar-refractivity contribution in [3.8, 4) is 0 Å². The van der Waals surface area contributed by atoms with E-state index in [4.69, 9.17) is 5.11 Å². The fourth-order valence-electron chi connectivity index (χ4n) is 1.69. The van der Waals surface area contributed by atoms with Gasteiger partial charge >= 0.3 is 6.16 Å². The van der Waals surface area contributed by atoms with Crippen molar-refractivity contribution < 1.29 is 14.6 Å². The molecule has 0 heterocycles. The van der Waals surface area contributed by atoms with E-state index in [-0.39, 0.29) is 0 Å². The minimum atomic E-state index is -1.16. The third-order valence-corrected chi connectivity index (χ3v) is 3.69. The van der Waals surface area contributed by atoms with E-state index in [1.54, 1.807) is 0 Å². The van der Waals surface area contributed by atoms with Crippen LogP contribution in [0.3, 0.4) is 0 Å². The maximum absolute atomic E-state index is 10.1. The summed E-state index contributed by atoms with van der Waals surface area (Å²) in [5.74, 6) is 2.32. The second-order valence-electron chi connectivity index (χ2n) is 4.31. The molecule has 0 rings (SSSR count). The third-order valence-electron chi connectivity index (χ3n) is 2.64. The normalized spacial score (nSPS) is 10.2. The second kappa shape index (κ2) is 14.4. The van der Waals surface area contributed by atoms with Gasteiger partial charge in [-0.05, 0) is 18.6 Å². The molecule has 0 aliphatic carbocycles. The zero-order chi connectivity index (χ0) is 13.5. The number of thioether (sulfide) groups is 1. The van der Waals surface area contributed by atoms with Crippen LogP contribution in [0.2, 0.25) is 0 Å². The number of hydrogen-bond acceptors (Lipinski definition) is 3. The van der Waals surface area contributed by atoms with Crippen molar-refractivity contribution in [3.05, 3.63) is 12.7 Å². The molecule has 0 radical (unpaired) electrons. The standard InChI is InChI=1S/C14H26O3S/c1-2-12-18-13-10-8-6-4-3-5-7-9-11-17-14(15)16/h2H,1,3-13H2,(H,15,16). The lowest BCUT2D eigenvalue weighted by Gasteiger charge is -2.02. The Hall–Kier alpha value is -0.640. The molecule has 0 aromatic heterocycles. The molecule has 0 unspecified atom stereocenters. The first-order valence-corrected chi connectivity index (χ1v) is 7.97. The number of carbonyl (C=O) groups is 1. The summed E-state index contributed by atoms with van der Waals surface area (Å²) in [5.41, 5.74) is 0. The topological polar surface area (TPSA) is 46.5 Å². The summed E-state index contributed by atoms with van der Waals surface area (Å²) < 4.78 is 4.44. The first kappa shape index (κ1) is 17.4. The predicted octanol–water partition coefficient (Wildman–Crippen LogP) is 4.72. The number of hydrogen-bond donors (Lipinski definition) is 1. The SMILES string of the molecule is C=CCSCCCCCCCCCCOC(=O)O. The van der Waals surface area contributed by atoms with Gasteiger partial charge in [0.2, 0.25) is 0 Å². The Kier molecular flexibility index (Phi) is 13.9. The maximum Gasteiger partial charge on any atom is 0.505 e. The van der Waals surface area contributed by atoms with E-state index >= 15 is 0 Å². The Morgan fingerprint density at radius 1 is 1.06 bits per heavy atom. The quantitative estimate of drug-likeness (QED) is 0.300. The van der Waals surface area contributed by atoms with E-state index in [2.05, 4.69) is 11.3 Å². The highest BCUT2D eigenvalue weighted by molar-refractivity contribution is 7.99. The molecule has 0 aromatic carbocycles. The average molecular weight is 274 g/mol. The van der Waals surface area contributed by atoms with Crippen LogP contribution < -0.4 is 0 Å². The van der Waals surface area contributed by atoms with Crippen molar-refractivity contribution in [1.29, 1.82) is 0 Å². The summed E-state index contributed by atoms with van der Waals surface area (Å²) >= 11 is 1.95. The van der Waals surface area contributed by atoms with Crippen LogP contribution >= 0.6 is 11.8 Å². The second-order valence-corrected chi connectivity index (χ2v) is 5.46. The Morgan fingerprint density at radius 3 is 2.17 bits per heavy atom. The molecule has 4 heteroatoms. The van der Waals surface area contributed by atoms with E-state index in [0.29, 0.717) is 6.61 Å². The molecule has 0 saturated carbocycles. The molecule has 0 saturated heterocycles. The van der Waals surface area contributed by atoms with Crippen molar-refractivity contribution in [2.75, 3.05) is 18.1 Å². The van der Waals surface area contributed by atoms with E-state index in [0.717, 1.165) is 18.6 Å². The highest BCUT2D eigenvalue weighted by atomic mass is 32.2. The van der Waals surface area contributed by atoms with Gasteiger partial charge in [-0.1, -0.05) is 44.6 Å². The number of carboxylic acid groups (broad SMARTS) is 1. The fourth-order valence-corrected chi connectivity index (χ4v) is 2.43. The van der Waals surface area contributed by atoms with Gasteiger partial charge in [0.1, 0.15) is 0 Å². The van der Waals surface area contributed by atoms with Crippen molar-refractivity contribution in [2.24, 2.45) is 0 Å². The smallest absolute Gasteiger partial charge is 0.450 e. The molecule has 0 spiro atoms. The maximum atomic E-state index is 10.1. The van der Waals surface area contributed by atoms with Crippen molar-refractivity contribution in [2.45, 2.75) is 51.4 Å². The van der Waals surface area contributed by atoms with E-state index < -0.39 is 6.16 Å².